The Morgan fingerprint density at radius 3 is 1.23 bits per heavy atom. The Morgan fingerprint density at radius 1 is 0.731 bits per heavy atom. The number of thiophene rings is 2. The molecule has 0 aliphatic heterocycles. The van der Waals surface area contributed by atoms with E-state index in [2.05, 4.69) is 39.3 Å². The van der Waals surface area contributed by atoms with Gasteiger partial charge in [-0.25, -0.2) is 8.78 Å². The normalized spacial score (nSPS) is 13.6. The first kappa shape index (κ1) is 21.3. The van der Waals surface area contributed by atoms with E-state index in [9.17, 15) is 8.78 Å². The van der Waals surface area contributed by atoms with E-state index in [4.69, 9.17) is 9.47 Å². The fourth-order valence-corrected chi connectivity index (χ4v) is 9.08. The molecule has 26 heavy (non-hydrogen) atoms. The third-order valence-electron chi connectivity index (χ3n) is 3.82. The monoisotopic (exact) mass is 432 g/mol. The van der Waals surface area contributed by atoms with Gasteiger partial charge < -0.3 is 9.47 Å². The maximum atomic E-state index is 14.9. The Kier molecular flexibility index (Phi) is 6.21. The SMILES string of the molecule is COc1cc(/C(F)=C(\F)c2cc(OC)c([Si](C)(C)C)s2)sc1[Si](C)(C)C. The Balaban J connectivity index is 2.54. The molecule has 0 N–H and O–H groups in total. The number of rotatable bonds is 6. The Morgan fingerprint density at radius 2 is 1.04 bits per heavy atom. The first-order valence-corrected chi connectivity index (χ1v) is 17.0. The standard InChI is InChI=1S/C18H26F2O2S2Si2/c1-21-11-9-13(23-17(11)25(3,4)5)15(19)16(20)14-10-12(22-2)18(24-14)26(6,7)8/h9-10H,1-8H3/b16-15+. The summed E-state index contributed by atoms with van der Waals surface area (Å²) in [5, 5.41) is 0. The van der Waals surface area contributed by atoms with Crippen molar-refractivity contribution in [2.45, 2.75) is 39.3 Å². The average Bonchev–Trinajstić information content (AvgIpc) is 3.16. The molecule has 0 fully saturated rings. The lowest BCUT2D eigenvalue weighted by Crippen LogP contribution is -2.35. The van der Waals surface area contributed by atoms with E-state index in [0.717, 1.165) is 9.00 Å². The summed E-state index contributed by atoms with van der Waals surface area (Å²) in [5.74, 6) is -0.356. The molecule has 0 aliphatic rings. The lowest BCUT2D eigenvalue weighted by Gasteiger charge is -2.15. The van der Waals surface area contributed by atoms with Crippen LogP contribution in [0.1, 0.15) is 9.75 Å². The summed E-state index contributed by atoms with van der Waals surface area (Å²) < 4.78 is 42.7. The largest absolute Gasteiger partial charge is 0.496 e. The van der Waals surface area contributed by atoms with Crippen LogP contribution in [0.25, 0.3) is 11.7 Å². The summed E-state index contributed by atoms with van der Waals surface area (Å²) in [4.78, 5) is 0.553. The highest BCUT2D eigenvalue weighted by molar-refractivity contribution is 7.28. The van der Waals surface area contributed by atoms with Crippen LogP contribution in [0, 0.1) is 0 Å². The second-order valence-electron chi connectivity index (χ2n) is 8.14. The topological polar surface area (TPSA) is 18.5 Å². The molecule has 2 nitrogen and oxygen atoms in total. The molecule has 0 aromatic carbocycles. The molecule has 0 radical (unpaired) electrons. The van der Waals surface area contributed by atoms with Crippen molar-refractivity contribution in [2.75, 3.05) is 14.2 Å². The third-order valence-corrected chi connectivity index (χ3v) is 13.2. The van der Waals surface area contributed by atoms with Crippen LogP contribution in [0.3, 0.4) is 0 Å². The lowest BCUT2D eigenvalue weighted by molar-refractivity contribution is 0.419. The molecule has 0 saturated heterocycles. The first-order chi connectivity index (χ1) is 11.9. The van der Waals surface area contributed by atoms with Gasteiger partial charge in [-0.05, 0) is 0 Å². The van der Waals surface area contributed by atoms with Gasteiger partial charge in [0.05, 0.1) is 40.1 Å². The molecular weight excluding hydrogens is 406 g/mol. The number of hydrogen-bond donors (Lipinski definition) is 0. The highest BCUT2D eigenvalue weighted by Gasteiger charge is 2.29. The number of hydrogen-bond acceptors (Lipinski definition) is 4. The fourth-order valence-electron chi connectivity index (χ4n) is 2.53. The predicted octanol–water partition coefficient (Wildman–Crippen LogP) is 5.68. The first-order valence-electron chi connectivity index (χ1n) is 8.32. The van der Waals surface area contributed by atoms with Crippen LogP contribution >= 0.6 is 22.7 Å². The average molecular weight is 433 g/mol. The van der Waals surface area contributed by atoms with Gasteiger partial charge in [-0.1, -0.05) is 39.3 Å². The molecule has 0 amide bonds. The van der Waals surface area contributed by atoms with Gasteiger partial charge in [0.25, 0.3) is 0 Å². The van der Waals surface area contributed by atoms with E-state index >= 15 is 0 Å². The highest BCUT2D eigenvalue weighted by atomic mass is 32.1. The van der Waals surface area contributed by atoms with Gasteiger partial charge in [0, 0.05) is 21.1 Å². The smallest absolute Gasteiger partial charge is 0.177 e. The van der Waals surface area contributed by atoms with Crippen LogP contribution in [-0.2, 0) is 0 Å². The van der Waals surface area contributed by atoms with E-state index in [0.29, 0.717) is 11.5 Å². The van der Waals surface area contributed by atoms with Crippen molar-refractivity contribution in [3.05, 3.63) is 21.9 Å². The number of ether oxygens (including phenoxy) is 2. The minimum Gasteiger partial charge on any atom is -0.496 e. The molecule has 0 atom stereocenters. The summed E-state index contributed by atoms with van der Waals surface area (Å²) in [6.07, 6.45) is 0. The molecule has 0 saturated carbocycles. The number of halogens is 2. The van der Waals surface area contributed by atoms with Crippen molar-refractivity contribution in [1.29, 1.82) is 0 Å². The number of methoxy groups -OCH3 is 2. The van der Waals surface area contributed by atoms with Crippen molar-refractivity contribution < 1.29 is 18.3 Å². The van der Waals surface area contributed by atoms with Gasteiger partial charge >= 0.3 is 0 Å². The van der Waals surface area contributed by atoms with Crippen LogP contribution in [0.5, 0.6) is 11.5 Å². The van der Waals surface area contributed by atoms with Crippen molar-refractivity contribution in [2.24, 2.45) is 0 Å². The van der Waals surface area contributed by atoms with Crippen LogP contribution in [0.4, 0.5) is 8.78 Å². The minimum atomic E-state index is -1.70. The van der Waals surface area contributed by atoms with E-state index < -0.39 is 27.8 Å². The van der Waals surface area contributed by atoms with Gasteiger partial charge in [0.2, 0.25) is 0 Å². The van der Waals surface area contributed by atoms with Crippen molar-refractivity contribution >= 4 is 59.5 Å². The zero-order chi connectivity index (χ0) is 19.9. The molecule has 0 bridgehead atoms. The zero-order valence-corrected chi connectivity index (χ0v) is 20.2. The Labute approximate surface area is 164 Å². The molecule has 0 spiro atoms. The molecule has 0 aliphatic carbocycles. The van der Waals surface area contributed by atoms with E-state index in [-0.39, 0.29) is 9.75 Å². The molecule has 2 rings (SSSR count). The second-order valence-corrected chi connectivity index (χ2v) is 21.0. The maximum Gasteiger partial charge on any atom is 0.177 e. The zero-order valence-electron chi connectivity index (χ0n) is 16.5. The van der Waals surface area contributed by atoms with Crippen molar-refractivity contribution in [3.63, 3.8) is 0 Å². The lowest BCUT2D eigenvalue weighted by atomic mass is 10.3. The van der Waals surface area contributed by atoms with E-state index in [1.165, 1.54) is 22.7 Å². The van der Waals surface area contributed by atoms with Crippen LogP contribution < -0.4 is 18.5 Å². The summed E-state index contributed by atoms with van der Waals surface area (Å²) in [6, 6.07) is 3.22. The summed E-state index contributed by atoms with van der Waals surface area (Å²) in [7, 11) is -0.272. The molecule has 144 valence electrons. The third kappa shape index (κ3) is 4.29. The summed E-state index contributed by atoms with van der Waals surface area (Å²) in [5.41, 5.74) is 0. The van der Waals surface area contributed by atoms with Crippen LogP contribution in [-0.4, -0.2) is 30.4 Å². The molecule has 2 aromatic heterocycles. The van der Waals surface area contributed by atoms with Gasteiger partial charge in [0.1, 0.15) is 11.5 Å². The molecule has 0 unspecified atom stereocenters. The quantitative estimate of drug-likeness (QED) is 0.547. The Bertz CT molecular complexity index is 759. The maximum absolute atomic E-state index is 14.9. The predicted molar refractivity (Wildman–Crippen MR) is 117 cm³/mol. The summed E-state index contributed by atoms with van der Waals surface area (Å²) >= 11 is 2.58. The van der Waals surface area contributed by atoms with Gasteiger partial charge in [-0.3, -0.25) is 0 Å². The van der Waals surface area contributed by atoms with Gasteiger partial charge in [0.15, 0.2) is 11.7 Å². The molecular formula is C18H26F2O2S2Si2. The van der Waals surface area contributed by atoms with Crippen molar-refractivity contribution in [3.8, 4) is 11.5 Å². The van der Waals surface area contributed by atoms with Gasteiger partial charge in [-0.2, -0.15) is 0 Å². The van der Waals surface area contributed by atoms with Gasteiger partial charge in [-0.15, -0.1) is 22.7 Å². The second kappa shape index (κ2) is 7.57. The summed E-state index contributed by atoms with van der Waals surface area (Å²) in [6.45, 7) is 13.0. The van der Waals surface area contributed by atoms with Crippen LogP contribution in [0.15, 0.2) is 12.1 Å². The molecule has 2 heterocycles. The van der Waals surface area contributed by atoms with E-state index in [1.54, 1.807) is 26.4 Å². The Hall–Kier alpha value is -0.966. The fraction of sp³-hybridized carbons (Fsp3) is 0.444. The minimum absolute atomic E-state index is 0.277. The van der Waals surface area contributed by atoms with Crippen LogP contribution in [0.2, 0.25) is 39.3 Å². The molecule has 8 heteroatoms. The highest BCUT2D eigenvalue weighted by Crippen LogP contribution is 2.38. The van der Waals surface area contributed by atoms with E-state index in [1.807, 2.05) is 0 Å². The van der Waals surface area contributed by atoms with Crippen molar-refractivity contribution in [1.82, 2.24) is 0 Å². The molecule has 2 aromatic rings.